The van der Waals surface area contributed by atoms with Gasteiger partial charge in [0.15, 0.2) is 5.82 Å². The Hall–Kier alpha value is -2.33. The summed E-state index contributed by atoms with van der Waals surface area (Å²) in [5, 5.41) is 16.7. The normalized spacial score (nSPS) is 40.9. The maximum absolute atomic E-state index is 13.7. The summed E-state index contributed by atoms with van der Waals surface area (Å²) in [6, 6.07) is 1.73. The van der Waals surface area contributed by atoms with Crippen LogP contribution in [0.5, 0.6) is 0 Å². The van der Waals surface area contributed by atoms with Crippen LogP contribution in [0.1, 0.15) is 121 Å². The lowest BCUT2D eigenvalue weighted by molar-refractivity contribution is -0.255. The quantitative estimate of drug-likeness (QED) is 0.255. The number of rotatable bonds is 8. The second kappa shape index (κ2) is 13.1. The highest BCUT2D eigenvalue weighted by molar-refractivity contribution is 6.33. The molecule has 2 aromatic rings. The van der Waals surface area contributed by atoms with Gasteiger partial charge in [0.05, 0.1) is 42.9 Å². The van der Waals surface area contributed by atoms with Crippen LogP contribution in [0, 0.1) is 62.1 Å². The van der Waals surface area contributed by atoms with E-state index in [1.807, 2.05) is 6.07 Å². The van der Waals surface area contributed by atoms with E-state index in [1.165, 1.54) is 5.57 Å². The number of carboxylic acid groups (broad SMARTS) is 1. The first kappa shape index (κ1) is 39.9. The van der Waals surface area contributed by atoms with Gasteiger partial charge in [0.1, 0.15) is 6.33 Å². The molecule has 4 fully saturated rings. The lowest BCUT2D eigenvalue weighted by atomic mass is 9.34. The minimum Gasteiger partial charge on any atom is -0.481 e. The monoisotopic (exact) mass is 763 g/mol. The Balaban J connectivity index is 1.41. The minimum atomic E-state index is -0.646. The average molecular weight is 764 g/mol. The molecule has 5 aliphatic rings. The number of halogens is 1. The van der Waals surface area contributed by atoms with Gasteiger partial charge in [0.2, 0.25) is 0 Å². The molecule has 4 aliphatic carbocycles. The molecule has 1 aliphatic heterocycles. The van der Waals surface area contributed by atoms with Crippen molar-refractivity contribution in [2.45, 2.75) is 132 Å². The van der Waals surface area contributed by atoms with E-state index in [2.05, 4.69) is 91.9 Å². The Labute approximate surface area is 328 Å². The van der Waals surface area contributed by atoms with E-state index >= 15 is 0 Å². The van der Waals surface area contributed by atoms with Crippen molar-refractivity contribution in [3.8, 4) is 11.4 Å². The van der Waals surface area contributed by atoms with E-state index in [9.17, 15) is 9.90 Å². The third-order valence-corrected chi connectivity index (χ3v) is 17.5. The van der Waals surface area contributed by atoms with Crippen LogP contribution in [0.4, 0.5) is 0 Å². The molecular formula is C44H66ClN5O4. The Morgan fingerprint density at radius 2 is 1.83 bits per heavy atom. The molecule has 10 heteroatoms. The van der Waals surface area contributed by atoms with Gasteiger partial charge in [0, 0.05) is 28.9 Å². The lowest BCUT2D eigenvalue weighted by Gasteiger charge is -2.71. The summed E-state index contributed by atoms with van der Waals surface area (Å²) in [6.07, 6.45) is 12.7. The molecule has 0 amide bonds. The molecule has 298 valence electrons. The summed E-state index contributed by atoms with van der Waals surface area (Å²) in [7, 11) is 0. The molecule has 7 rings (SSSR count). The second-order valence-corrected chi connectivity index (χ2v) is 21.3. The predicted molar refractivity (Wildman–Crippen MR) is 213 cm³/mol. The zero-order valence-corrected chi connectivity index (χ0v) is 35.5. The number of fused-ring (bicyclic) bond motifs is 3. The van der Waals surface area contributed by atoms with Crippen LogP contribution in [-0.4, -0.2) is 62.3 Å². The maximum Gasteiger partial charge on any atom is 0.307 e. The number of carboxylic acids is 1. The van der Waals surface area contributed by atoms with Gasteiger partial charge in [-0.3, -0.25) is 9.78 Å². The van der Waals surface area contributed by atoms with Crippen LogP contribution in [0.25, 0.3) is 11.4 Å². The number of pyridine rings is 1. The largest absolute Gasteiger partial charge is 0.481 e. The summed E-state index contributed by atoms with van der Waals surface area (Å²) >= 11 is 6.78. The van der Waals surface area contributed by atoms with Crippen LogP contribution >= 0.6 is 11.6 Å². The van der Waals surface area contributed by atoms with E-state index in [1.54, 1.807) is 18.7 Å². The molecular weight excluding hydrogens is 698 g/mol. The second-order valence-electron chi connectivity index (χ2n) is 20.9. The van der Waals surface area contributed by atoms with E-state index in [-0.39, 0.29) is 45.6 Å². The van der Waals surface area contributed by atoms with E-state index in [4.69, 9.17) is 36.9 Å². The first-order valence-electron chi connectivity index (χ1n) is 20.5. The van der Waals surface area contributed by atoms with Crippen LogP contribution < -0.4 is 5.73 Å². The van der Waals surface area contributed by atoms with Gasteiger partial charge in [-0.05, 0) is 102 Å². The summed E-state index contributed by atoms with van der Waals surface area (Å²) in [5.41, 5.74) is 6.93. The molecule has 1 saturated heterocycles. The van der Waals surface area contributed by atoms with Crippen molar-refractivity contribution in [2.24, 2.45) is 67.8 Å². The molecule has 0 radical (unpaired) electrons. The van der Waals surface area contributed by atoms with Crippen LogP contribution in [0.3, 0.4) is 0 Å². The van der Waals surface area contributed by atoms with Crippen LogP contribution in [0.2, 0.25) is 5.02 Å². The Kier molecular flexibility index (Phi) is 9.68. The molecule has 0 aromatic carbocycles. The third kappa shape index (κ3) is 5.54. The molecule has 9 nitrogen and oxygen atoms in total. The molecule has 2 aromatic heterocycles. The summed E-state index contributed by atoms with van der Waals surface area (Å²) in [4.78, 5) is 22.7. The van der Waals surface area contributed by atoms with Crippen molar-refractivity contribution in [2.75, 3.05) is 19.8 Å². The SMILES string of the molecule is CC(C)[C@@H](C)[C@@]1(C)CC[C@]2(C)[C@H]3CC[C@@H]4[C@@]5(C)COC[C@@]4(C3=CC[C@@]2(C)[C@@H]1C(=O)O)[C@@H](OC[C@](C)(N)C(C)(C)C)[C@H](n1ncnc1-c1ccncc1Cl)C5. The van der Waals surface area contributed by atoms with Crippen LogP contribution in [-0.2, 0) is 14.3 Å². The highest BCUT2D eigenvalue weighted by Gasteiger charge is 2.73. The number of aromatic nitrogens is 4. The van der Waals surface area contributed by atoms with E-state index in [0.717, 1.165) is 37.7 Å². The number of hydrogen-bond acceptors (Lipinski definition) is 7. The number of carbonyl (C=O) groups is 1. The van der Waals surface area contributed by atoms with E-state index in [0.29, 0.717) is 48.9 Å². The Bertz CT molecular complexity index is 1800. The van der Waals surface area contributed by atoms with Gasteiger partial charge in [-0.25, -0.2) is 9.67 Å². The molecule has 0 spiro atoms. The number of nitrogens with two attached hydrogens (primary N) is 1. The van der Waals surface area contributed by atoms with E-state index < -0.39 is 28.3 Å². The minimum absolute atomic E-state index is 0.154. The number of allylic oxidation sites excluding steroid dienone is 1. The topological polar surface area (TPSA) is 125 Å². The van der Waals surface area contributed by atoms with Crippen molar-refractivity contribution < 1.29 is 19.4 Å². The van der Waals surface area contributed by atoms with Crippen molar-refractivity contribution in [1.29, 1.82) is 0 Å². The number of ether oxygens (including phenoxy) is 2. The fourth-order valence-corrected chi connectivity index (χ4v) is 13.0. The third-order valence-electron chi connectivity index (χ3n) is 17.2. The van der Waals surface area contributed by atoms with Gasteiger partial charge in [-0.15, -0.1) is 0 Å². The number of hydrogen-bond donors (Lipinski definition) is 2. The predicted octanol–water partition coefficient (Wildman–Crippen LogP) is 9.27. The van der Waals surface area contributed by atoms with Crippen molar-refractivity contribution >= 4 is 17.6 Å². The number of nitrogens with zero attached hydrogens (tertiary/aromatic N) is 4. The average Bonchev–Trinajstić information content (AvgIpc) is 3.57. The highest BCUT2D eigenvalue weighted by Crippen LogP contribution is 2.75. The summed E-state index contributed by atoms with van der Waals surface area (Å²) in [6.45, 7) is 26.4. The smallest absolute Gasteiger partial charge is 0.307 e. The van der Waals surface area contributed by atoms with Gasteiger partial charge >= 0.3 is 5.97 Å². The van der Waals surface area contributed by atoms with Crippen LogP contribution in [0.15, 0.2) is 36.4 Å². The van der Waals surface area contributed by atoms with Gasteiger partial charge in [-0.2, -0.15) is 5.10 Å². The maximum atomic E-state index is 13.7. The first-order chi connectivity index (χ1) is 25.1. The first-order valence-corrected chi connectivity index (χ1v) is 20.9. The molecule has 3 saturated carbocycles. The Morgan fingerprint density at radius 3 is 2.48 bits per heavy atom. The van der Waals surface area contributed by atoms with Crippen molar-refractivity contribution in [3.05, 3.63) is 41.5 Å². The Morgan fingerprint density at radius 1 is 1.11 bits per heavy atom. The molecule has 3 heterocycles. The standard InChI is InChI=1S/C44H66ClN5O4/c1-26(2)27(3)40(8)17-18-41(9)29-12-13-33-39(7)20-32(50-36(48-25-49-50)28-15-19-47-21-31(28)45)35(54-23-43(11,46)38(4,5)6)44(33,24-53-22-39)30(29)14-16-42(41,10)34(40)37(51)52/h14-15,19,21,25-27,29,32-35H,12-13,16-18,20,22-24,46H2,1-11H3,(H,51,52)/t27-,29+,32-,33-,34-,35+,39-,40-,41-,42+,43+,44+/m1/s1. The highest BCUT2D eigenvalue weighted by atomic mass is 35.5. The fourth-order valence-electron chi connectivity index (χ4n) is 12.8. The van der Waals surface area contributed by atoms with Crippen molar-refractivity contribution in [3.63, 3.8) is 0 Å². The van der Waals surface area contributed by atoms with Gasteiger partial charge in [0.25, 0.3) is 0 Å². The molecule has 3 N–H and O–H groups in total. The lowest BCUT2D eigenvalue weighted by Crippen LogP contribution is -2.70. The molecule has 12 atom stereocenters. The van der Waals surface area contributed by atoms with Gasteiger partial charge in [-0.1, -0.05) is 92.5 Å². The zero-order chi connectivity index (χ0) is 39.4. The molecule has 54 heavy (non-hydrogen) atoms. The molecule has 0 unspecified atom stereocenters. The summed E-state index contributed by atoms with van der Waals surface area (Å²) < 4.78 is 16.3. The number of aliphatic carboxylic acids is 1. The van der Waals surface area contributed by atoms with Crippen molar-refractivity contribution in [1.82, 2.24) is 19.7 Å². The molecule has 2 bridgehead atoms. The zero-order valence-electron chi connectivity index (χ0n) is 34.7. The summed E-state index contributed by atoms with van der Waals surface area (Å²) in [5.74, 6) is 0.783. The fraction of sp³-hybridized carbons (Fsp3) is 0.773. The van der Waals surface area contributed by atoms with Gasteiger partial charge < -0.3 is 20.3 Å².